The number of aliphatic hydroxyl groups is 4. The first-order chi connectivity index (χ1) is 23.2. The van der Waals surface area contributed by atoms with E-state index in [2.05, 4.69) is 29.0 Å². The Kier molecular flexibility index (Phi) is 8.55. The van der Waals surface area contributed by atoms with Gasteiger partial charge >= 0.3 is 0 Å². The summed E-state index contributed by atoms with van der Waals surface area (Å²) in [5, 5.41) is 63.1. The van der Waals surface area contributed by atoms with Crippen LogP contribution in [0.1, 0.15) is 42.6 Å². The highest BCUT2D eigenvalue weighted by Gasteiger charge is 2.67. The Morgan fingerprint density at radius 2 is 1.71 bits per heavy atom. The molecule has 2 aromatic carbocycles. The number of ketones is 2. The SMILES string of the molecule is CCN(CC)c1ccc(-c2csc(Nc3ccc4c(c3O)C(=O)C3=C(O)[C@]5(O)C(=O)C(C(N)=O)=C(O)[C@H](N(C)C)[C@H]5[C@H](O)[C@@H]3[C@@H]4C)n2)cc1. The molecule has 1 aromatic heterocycles. The van der Waals surface area contributed by atoms with Crippen LogP contribution in [0.25, 0.3) is 11.3 Å². The zero-order chi connectivity index (χ0) is 35.7. The molecule has 0 fully saturated rings. The van der Waals surface area contributed by atoms with Gasteiger partial charge in [-0.2, -0.15) is 0 Å². The molecule has 0 saturated carbocycles. The lowest BCUT2D eigenvalue weighted by atomic mass is 9.55. The maximum absolute atomic E-state index is 14.2. The molecule has 258 valence electrons. The second-order valence-corrected chi connectivity index (χ2v) is 13.7. The standard InChI is InChI=1S/C35H39N5O8S/c1-6-40(7-2)17-10-8-16(9-11-17)20-14-49-34(38-20)37-19-13-12-18-15(3)21-23(28(42)22(18)27(19)41)31(45)35(48)25(29(21)43)26(39(4)5)30(44)24(32(35)46)33(36)47/h8-15,21,25-26,29,41,43-45,48H,6-7H2,1-5H3,(H2,36,47)(H,37,38)/t15-,21-,25+,26-,29-,35+/m1/s1. The number of carbonyl (C=O) groups excluding carboxylic acids is 3. The van der Waals surface area contributed by atoms with Crippen LogP contribution in [0.5, 0.6) is 5.75 Å². The number of Topliss-reactive ketones (excluding diaryl/α,β-unsaturated/α-hetero) is 2. The maximum atomic E-state index is 14.2. The number of nitrogens with zero attached hydrogens (tertiary/aromatic N) is 3. The van der Waals surface area contributed by atoms with E-state index in [9.17, 15) is 39.9 Å². The van der Waals surface area contributed by atoms with Crippen molar-refractivity contribution >= 4 is 45.3 Å². The quantitative estimate of drug-likeness (QED) is 0.134. The van der Waals surface area contributed by atoms with Crippen molar-refractivity contribution < 1.29 is 39.9 Å². The summed E-state index contributed by atoms with van der Waals surface area (Å²) in [5.41, 5.74) is 4.05. The lowest BCUT2D eigenvalue weighted by Crippen LogP contribution is -2.68. The van der Waals surface area contributed by atoms with Gasteiger partial charge in [-0.15, -0.1) is 11.3 Å². The lowest BCUT2D eigenvalue weighted by Gasteiger charge is -2.53. The van der Waals surface area contributed by atoms with E-state index in [4.69, 9.17) is 5.73 Å². The van der Waals surface area contributed by atoms with E-state index in [1.165, 1.54) is 30.3 Å². The van der Waals surface area contributed by atoms with Crippen molar-refractivity contribution in [3.05, 3.63) is 75.6 Å². The summed E-state index contributed by atoms with van der Waals surface area (Å²) in [7, 11) is 2.98. The lowest BCUT2D eigenvalue weighted by molar-refractivity contribution is -0.162. The number of anilines is 3. The fourth-order valence-corrected chi connectivity index (χ4v) is 8.47. The molecule has 8 N–H and O–H groups in total. The molecule has 3 aliphatic carbocycles. The van der Waals surface area contributed by atoms with Crippen molar-refractivity contribution in [2.24, 2.45) is 17.6 Å². The van der Waals surface area contributed by atoms with E-state index in [1.54, 1.807) is 19.1 Å². The third-order valence-electron chi connectivity index (χ3n) is 10.2. The molecule has 0 bridgehead atoms. The van der Waals surface area contributed by atoms with Crippen LogP contribution in [-0.4, -0.2) is 97.8 Å². The number of phenols is 1. The molecule has 49 heavy (non-hydrogen) atoms. The van der Waals surface area contributed by atoms with Crippen LogP contribution in [0, 0.1) is 11.8 Å². The molecular formula is C35H39N5O8S. The number of phenolic OH excluding ortho intramolecular Hbond substituents is 1. The molecule has 13 nitrogen and oxygen atoms in total. The van der Waals surface area contributed by atoms with Gasteiger partial charge in [0.2, 0.25) is 5.78 Å². The van der Waals surface area contributed by atoms with Crippen LogP contribution in [-0.2, 0) is 9.59 Å². The summed E-state index contributed by atoms with van der Waals surface area (Å²) in [6.07, 6.45) is -1.66. The summed E-state index contributed by atoms with van der Waals surface area (Å²) >= 11 is 1.29. The van der Waals surface area contributed by atoms with Gasteiger partial charge in [0.1, 0.15) is 17.1 Å². The number of nitrogens with two attached hydrogens (primary N) is 1. The van der Waals surface area contributed by atoms with Crippen LogP contribution >= 0.6 is 11.3 Å². The number of aliphatic hydroxyl groups excluding tert-OH is 3. The van der Waals surface area contributed by atoms with Crippen molar-refractivity contribution in [2.75, 3.05) is 37.4 Å². The first-order valence-electron chi connectivity index (χ1n) is 15.9. The van der Waals surface area contributed by atoms with E-state index < -0.39 is 81.4 Å². The molecule has 0 unspecified atom stereocenters. The van der Waals surface area contributed by atoms with E-state index in [-0.39, 0.29) is 11.3 Å². The fraction of sp³-hybridized carbons (Fsp3) is 0.371. The largest absolute Gasteiger partial charge is 0.510 e. The minimum Gasteiger partial charge on any atom is -0.510 e. The Bertz CT molecular complexity index is 1930. The Labute approximate surface area is 286 Å². The first kappa shape index (κ1) is 34.1. The Balaban J connectivity index is 1.38. The second kappa shape index (κ2) is 12.3. The van der Waals surface area contributed by atoms with Gasteiger partial charge in [0, 0.05) is 41.2 Å². The summed E-state index contributed by atoms with van der Waals surface area (Å²) in [6, 6.07) is 9.92. The smallest absolute Gasteiger partial charge is 0.255 e. The number of aromatic hydroxyl groups is 1. The molecule has 6 rings (SSSR count). The van der Waals surface area contributed by atoms with Gasteiger partial charge in [0.25, 0.3) is 5.91 Å². The number of primary amides is 1. The summed E-state index contributed by atoms with van der Waals surface area (Å²) in [5.74, 6) is -9.39. The molecule has 3 aliphatic rings. The number of benzene rings is 2. The zero-order valence-electron chi connectivity index (χ0n) is 27.6. The van der Waals surface area contributed by atoms with Crippen molar-refractivity contribution in [1.29, 1.82) is 0 Å². The van der Waals surface area contributed by atoms with E-state index in [1.807, 2.05) is 29.6 Å². The number of hydrogen-bond donors (Lipinski definition) is 7. The monoisotopic (exact) mass is 689 g/mol. The van der Waals surface area contributed by atoms with Gasteiger partial charge in [-0.05, 0) is 57.6 Å². The van der Waals surface area contributed by atoms with Gasteiger partial charge in [-0.1, -0.05) is 25.1 Å². The van der Waals surface area contributed by atoms with Crippen LogP contribution in [0.3, 0.4) is 0 Å². The van der Waals surface area contributed by atoms with Crippen molar-refractivity contribution in [2.45, 2.75) is 44.4 Å². The molecule has 0 saturated heterocycles. The van der Waals surface area contributed by atoms with Crippen LogP contribution in [0.2, 0.25) is 0 Å². The van der Waals surface area contributed by atoms with Gasteiger partial charge in [-0.3, -0.25) is 19.3 Å². The van der Waals surface area contributed by atoms with Crippen molar-refractivity contribution in [3.63, 3.8) is 0 Å². The minimum atomic E-state index is -2.98. The highest BCUT2D eigenvalue weighted by molar-refractivity contribution is 7.14. The number of hydrogen-bond acceptors (Lipinski definition) is 13. The average molecular weight is 690 g/mol. The molecular weight excluding hydrogens is 650 g/mol. The average Bonchev–Trinajstić information content (AvgIpc) is 3.53. The summed E-state index contributed by atoms with van der Waals surface area (Å²) < 4.78 is 0. The fourth-order valence-electron chi connectivity index (χ4n) is 7.73. The van der Waals surface area contributed by atoms with Gasteiger partial charge in [-0.25, -0.2) is 4.98 Å². The van der Waals surface area contributed by atoms with Crippen molar-refractivity contribution in [3.8, 4) is 17.0 Å². The van der Waals surface area contributed by atoms with Gasteiger partial charge in [0.05, 0.1) is 35.0 Å². The Hall–Kier alpha value is -4.76. The number of amides is 1. The number of nitrogens with one attached hydrogen (secondary N) is 1. The second-order valence-electron chi connectivity index (χ2n) is 12.9. The number of thiazole rings is 1. The molecule has 1 heterocycles. The normalized spacial score (nSPS) is 26.4. The number of aromatic nitrogens is 1. The van der Waals surface area contributed by atoms with Crippen molar-refractivity contribution in [1.82, 2.24) is 9.88 Å². The molecule has 0 spiro atoms. The van der Waals surface area contributed by atoms with Gasteiger partial charge in [0.15, 0.2) is 22.3 Å². The summed E-state index contributed by atoms with van der Waals surface area (Å²) in [6.45, 7) is 7.65. The third kappa shape index (κ3) is 5.00. The Morgan fingerprint density at radius 3 is 2.31 bits per heavy atom. The Morgan fingerprint density at radius 1 is 1.06 bits per heavy atom. The molecule has 3 aromatic rings. The highest BCUT2D eigenvalue weighted by atomic mass is 32.1. The van der Waals surface area contributed by atoms with E-state index >= 15 is 0 Å². The minimum absolute atomic E-state index is 0.147. The first-order valence-corrected chi connectivity index (χ1v) is 16.8. The van der Waals surface area contributed by atoms with Crippen LogP contribution < -0.4 is 16.0 Å². The maximum Gasteiger partial charge on any atom is 0.255 e. The van der Waals surface area contributed by atoms with E-state index in [0.29, 0.717) is 16.4 Å². The number of likely N-dealkylation sites (N-methyl/N-ethyl adjacent to an activating group) is 1. The predicted molar refractivity (Wildman–Crippen MR) is 184 cm³/mol. The predicted octanol–water partition coefficient (Wildman–Crippen LogP) is 3.37. The number of carbonyl (C=O) groups is 3. The van der Waals surface area contributed by atoms with E-state index in [0.717, 1.165) is 24.3 Å². The molecule has 0 radical (unpaired) electrons. The number of rotatable bonds is 8. The number of fused-ring (bicyclic) bond motifs is 3. The van der Waals surface area contributed by atoms with Crippen LogP contribution in [0.15, 0.2) is 64.4 Å². The topological polar surface area (TPSA) is 210 Å². The molecule has 1 amide bonds. The molecule has 14 heteroatoms. The van der Waals surface area contributed by atoms with Gasteiger partial charge < -0.3 is 41.5 Å². The van der Waals surface area contributed by atoms with Crippen LogP contribution in [0.4, 0.5) is 16.5 Å². The third-order valence-corrected chi connectivity index (χ3v) is 10.9. The molecule has 0 aliphatic heterocycles. The molecule has 6 atom stereocenters. The highest BCUT2D eigenvalue weighted by Crippen LogP contribution is 2.56. The zero-order valence-corrected chi connectivity index (χ0v) is 28.4. The summed E-state index contributed by atoms with van der Waals surface area (Å²) in [4.78, 5) is 48.3.